The second-order valence-electron chi connectivity index (χ2n) is 3.54. The van der Waals surface area contributed by atoms with Crippen molar-refractivity contribution in [1.82, 2.24) is 14.5 Å². The van der Waals surface area contributed by atoms with E-state index in [1.165, 1.54) is 4.88 Å². The van der Waals surface area contributed by atoms with Gasteiger partial charge in [0.15, 0.2) is 0 Å². The van der Waals surface area contributed by atoms with E-state index < -0.39 is 0 Å². The highest BCUT2D eigenvalue weighted by Gasteiger charge is 2.07. The van der Waals surface area contributed by atoms with Gasteiger partial charge in [-0.05, 0) is 0 Å². The lowest BCUT2D eigenvalue weighted by molar-refractivity contribution is 0.674. The molecular weight excluding hydrogens is 194 g/mol. The van der Waals surface area contributed by atoms with E-state index in [0.717, 1.165) is 12.4 Å². The monoisotopic (exact) mass is 207 g/mol. The van der Waals surface area contributed by atoms with Crippen molar-refractivity contribution in [3.05, 3.63) is 34.8 Å². The fraction of sp³-hybridized carbons (Fsp3) is 0.400. The van der Waals surface area contributed by atoms with Crippen LogP contribution in [0.2, 0.25) is 0 Å². The number of rotatable bonds is 3. The zero-order valence-electron chi connectivity index (χ0n) is 8.34. The van der Waals surface area contributed by atoms with Crippen LogP contribution in [0.4, 0.5) is 0 Å². The van der Waals surface area contributed by atoms with E-state index in [9.17, 15) is 0 Å². The first-order valence-electron chi connectivity index (χ1n) is 4.66. The highest BCUT2D eigenvalue weighted by molar-refractivity contribution is 7.09. The first-order chi connectivity index (χ1) is 6.77. The third-order valence-corrected chi connectivity index (χ3v) is 2.84. The average Bonchev–Trinajstić information content (AvgIpc) is 2.75. The molecule has 0 unspecified atom stereocenters. The highest BCUT2D eigenvalue weighted by Crippen LogP contribution is 2.15. The predicted octanol–water partition coefficient (Wildman–Crippen LogP) is 2.51. The van der Waals surface area contributed by atoms with Gasteiger partial charge >= 0.3 is 0 Å². The first-order valence-corrected chi connectivity index (χ1v) is 5.53. The smallest absolute Gasteiger partial charge is 0.111 e. The first kappa shape index (κ1) is 9.40. The number of nitrogens with zero attached hydrogens (tertiary/aromatic N) is 3. The molecule has 0 spiro atoms. The lowest BCUT2D eigenvalue weighted by atomic mass is 10.2. The second-order valence-corrected chi connectivity index (χ2v) is 4.51. The Balaban J connectivity index is 2.21. The molecule has 0 aliphatic carbocycles. The molecule has 4 heteroatoms. The molecule has 0 fully saturated rings. The summed E-state index contributed by atoms with van der Waals surface area (Å²) in [5, 5.41) is 0. The quantitative estimate of drug-likeness (QED) is 0.774. The summed E-state index contributed by atoms with van der Waals surface area (Å²) in [4.78, 5) is 9.67. The van der Waals surface area contributed by atoms with Crippen LogP contribution >= 0.6 is 11.3 Å². The maximum absolute atomic E-state index is 4.34. The molecule has 0 N–H and O–H groups in total. The summed E-state index contributed by atoms with van der Waals surface area (Å²) < 4.78 is 2.18. The molecule has 2 aromatic rings. The van der Waals surface area contributed by atoms with Crippen LogP contribution in [0.1, 0.15) is 30.5 Å². The van der Waals surface area contributed by atoms with Gasteiger partial charge in [0, 0.05) is 29.4 Å². The topological polar surface area (TPSA) is 30.7 Å². The molecule has 0 aliphatic heterocycles. The molecule has 14 heavy (non-hydrogen) atoms. The zero-order chi connectivity index (χ0) is 9.97. The van der Waals surface area contributed by atoms with E-state index in [-0.39, 0.29) is 0 Å². The SMILES string of the molecule is CC(C)c1nccn1Cc1cncs1. The number of hydrogen-bond donors (Lipinski definition) is 0. The third-order valence-electron chi connectivity index (χ3n) is 2.07. The van der Waals surface area contributed by atoms with Gasteiger partial charge in [-0.3, -0.25) is 4.98 Å². The van der Waals surface area contributed by atoms with Gasteiger partial charge in [0.1, 0.15) is 5.82 Å². The Labute approximate surface area is 87.4 Å². The third kappa shape index (κ3) is 1.85. The molecule has 74 valence electrons. The number of aromatic nitrogens is 3. The van der Waals surface area contributed by atoms with Gasteiger partial charge in [0.05, 0.1) is 12.1 Å². The van der Waals surface area contributed by atoms with E-state index in [1.54, 1.807) is 11.3 Å². The van der Waals surface area contributed by atoms with E-state index >= 15 is 0 Å². The average molecular weight is 207 g/mol. The Morgan fingerprint density at radius 1 is 1.50 bits per heavy atom. The molecule has 0 saturated heterocycles. The van der Waals surface area contributed by atoms with Gasteiger partial charge in [0.25, 0.3) is 0 Å². The lowest BCUT2D eigenvalue weighted by Crippen LogP contribution is -2.04. The minimum atomic E-state index is 0.470. The Morgan fingerprint density at radius 3 is 3.00 bits per heavy atom. The minimum Gasteiger partial charge on any atom is -0.329 e. The molecule has 0 bridgehead atoms. The largest absolute Gasteiger partial charge is 0.329 e. The van der Waals surface area contributed by atoms with Crippen molar-refractivity contribution in [2.45, 2.75) is 26.3 Å². The molecule has 2 rings (SSSR count). The van der Waals surface area contributed by atoms with Crippen LogP contribution in [-0.2, 0) is 6.54 Å². The highest BCUT2D eigenvalue weighted by atomic mass is 32.1. The maximum Gasteiger partial charge on any atom is 0.111 e. The molecular formula is C10H13N3S. The van der Waals surface area contributed by atoms with Crippen molar-refractivity contribution < 1.29 is 0 Å². The van der Waals surface area contributed by atoms with Crippen molar-refractivity contribution in [2.24, 2.45) is 0 Å². The summed E-state index contributed by atoms with van der Waals surface area (Å²) in [5.74, 6) is 1.61. The van der Waals surface area contributed by atoms with Crippen LogP contribution in [0.3, 0.4) is 0 Å². The molecule has 3 nitrogen and oxygen atoms in total. The van der Waals surface area contributed by atoms with E-state index in [2.05, 4.69) is 28.4 Å². The van der Waals surface area contributed by atoms with Gasteiger partial charge in [-0.25, -0.2) is 4.98 Å². The van der Waals surface area contributed by atoms with Crippen molar-refractivity contribution in [3.8, 4) is 0 Å². The van der Waals surface area contributed by atoms with Crippen molar-refractivity contribution in [3.63, 3.8) is 0 Å². The number of thiazole rings is 1. The van der Waals surface area contributed by atoms with Crippen LogP contribution < -0.4 is 0 Å². The Morgan fingerprint density at radius 2 is 2.36 bits per heavy atom. The van der Waals surface area contributed by atoms with Crippen LogP contribution in [0, 0.1) is 0 Å². The van der Waals surface area contributed by atoms with Crippen LogP contribution in [0.15, 0.2) is 24.1 Å². The van der Waals surface area contributed by atoms with Gasteiger partial charge < -0.3 is 4.57 Å². The van der Waals surface area contributed by atoms with Crippen LogP contribution in [-0.4, -0.2) is 14.5 Å². The van der Waals surface area contributed by atoms with Gasteiger partial charge in [-0.15, -0.1) is 11.3 Å². The van der Waals surface area contributed by atoms with Crippen molar-refractivity contribution in [1.29, 1.82) is 0 Å². The van der Waals surface area contributed by atoms with Crippen molar-refractivity contribution in [2.75, 3.05) is 0 Å². The Hall–Kier alpha value is -1.16. The summed E-state index contributed by atoms with van der Waals surface area (Å²) in [6.07, 6.45) is 5.79. The van der Waals surface area contributed by atoms with E-state index in [4.69, 9.17) is 0 Å². The zero-order valence-corrected chi connectivity index (χ0v) is 9.16. The van der Waals surface area contributed by atoms with E-state index in [1.807, 2.05) is 24.1 Å². The van der Waals surface area contributed by atoms with Crippen molar-refractivity contribution >= 4 is 11.3 Å². The predicted molar refractivity (Wildman–Crippen MR) is 57.5 cm³/mol. The molecule has 2 heterocycles. The molecule has 0 atom stereocenters. The molecule has 0 radical (unpaired) electrons. The molecule has 0 aliphatic rings. The van der Waals surface area contributed by atoms with Crippen LogP contribution in [0.25, 0.3) is 0 Å². The minimum absolute atomic E-state index is 0.470. The summed E-state index contributed by atoms with van der Waals surface area (Å²) in [6.45, 7) is 5.20. The van der Waals surface area contributed by atoms with Gasteiger partial charge in [0.2, 0.25) is 0 Å². The fourth-order valence-corrected chi connectivity index (χ4v) is 2.04. The van der Waals surface area contributed by atoms with Gasteiger partial charge in [-0.1, -0.05) is 13.8 Å². The van der Waals surface area contributed by atoms with Crippen LogP contribution in [0.5, 0.6) is 0 Å². The summed E-state index contributed by atoms with van der Waals surface area (Å²) in [7, 11) is 0. The maximum atomic E-state index is 4.34. The number of hydrogen-bond acceptors (Lipinski definition) is 3. The van der Waals surface area contributed by atoms with Gasteiger partial charge in [-0.2, -0.15) is 0 Å². The Kier molecular flexibility index (Phi) is 2.63. The molecule has 2 aromatic heterocycles. The summed E-state index contributed by atoms with van der Waals surface area (Å²) in [6, 6.07) is 0. The molecule has 0 aromatic carbocycles. The molecule has 0 amide bonds. The summed E-state index contributed by atoms with van der Waals surface area (Å²) >= 11 is 1.68. The Bertz CT molecular complexity index is 389. The number of imidazole rings is 1. The molecule has 0 saturated carbocycles. The van der Waals surface area contributed by atoms with E-state index in [0.29, 0.717) is 5.92 Å². The lowest BCUT2D eigenvalue weighted by Gasteiger charge is -2.08. The summed E-state index contributed by atoms with van der Waals surface area (Å²) in [5.41, 5.74) is 1.86. The normalized spacial score (nSPS) is 11.1. The second kappa shape index (κ2) is 3.92. The standard InChI is InChI=1S/C10H13N3S/c1-8(2)10-12-3-4-13(10)6-9-5-11-7-14-9/h3-5,7-8H,6H2,1-2H3. The fourth-order valence-electron chi connectivity index (χ4n) is 1.44.